The predicted molar refractivity (Wildman–Crippen MR) is 503 cm³/mol. The number of ether oxygens (including phenoxy) is 1. The molecule has 31 nitrogen and oxygen atoms in total. The maximum absolute atomic E-state index is 14.5. The van der Waals surface area contributed by atoms with E-state index in [1.54, 1.807) is 61.9 Å². The van der Waals surface area contributed by atoms with E-state index >= 15 is 0 Å². The molecule has 0 saturated carbocycles. The second-order valence-corrected chi connectivity index (χ2v) is 30.1. The largest absolute Gasteiger partial charge is 0.378 e. The van der Waals surface area contributed by atoms with Gasteiger partial charge in [-0.1, -0.05) is 146 Å². The average Bonchev–Trinajstić information content (AvgIpc) is 1.32. The number of hydrogen-bond donors (Lipinski definition) is 6. The Labute approximate surface area is 750 Å². The molecule has 20 aromatic rings. The average molecular weight is 1750 g/mol. The van der Waals surface area contributed by atoms with Crippen LogP contribution in [-0.2, 0) is 11.2 Å². The Morgan fingerprint density at radius 2 is 0.771 bits per heavy atom. The number of pyridine rings is 3. The summed E-state index contributed by atoms with van der Waals surface area (Å²) in [6.07, 6.45) is 9.09. The highest BCUT2D eigenvalue weighted by Gasteiger charge is 2.24. The van der Waals surface area contributed by atoms with Crippen LogP contribution >= 0.6 is 11.6 Å². The van der Waals surface area contributed by atoms with Gasteiger partial charge in [0.2, 0.25) is 29.7 Å². The van der Waals surface area contributed by atoms with E-state index in [1.807, 2.05) is 189 Å². The smallest absolute Gasteiger partial charge is 0.250 e. The molecular formula is C97H76ClF2N29O2. The summed E-state index contributed by atoms with van der Waals surface area (Å²) in [5, 5.41) is 46.0. The molecular weight excluding hydrogens is 1680 g/mol. The summed E-state index contributed by atoms with van der Waals surface area (Å²) in [6.45, 7) is 9.04. The number of morpholine rings is 1. The van der Waals surface area contributed by atoms with E-state index in [9.17, 15) is 13.6 Å². The monoisotopic (exact) mass is 1750 g/mol. The molecule has 10 aromatic heterocycles. The van der Waals surface area contributed by atoms with Gasteiger partial charge in [0.05, 0.1) is 40.8 Å². The number of hydrogen-bond acceptors (Lipinski definition) is 30. The number of anilines is 6. The lowest BCUT2D eigenvalue weighted by atomic mass is 9.99. The number of fused-ring (bicyclic) bond motifs is 5. The molecule has 12 N–H and O–H groups in total. The van der Waals surface area contributed by atoms with Gasteiger partial charge < -0.3 is 44.0 Å². The van der Waals surface area contributed by atoms with Gasteiger partial charge in [0.15, 0.2) is 0 Å². The summed E-state index contributed by atoms with van der Waals surface area (Å²) in [5.74, 6) is -0.838. The van der Waals surface area contributed by atoms with Gasteiger partial charge in [-0.15, -0.1) is 51.0 Å². The zero-order valence-corrected chi connectivity index (χ0v) is 71.0. The quantitative estimate of drug-likeness (QED) is 0.0624. The van der Waals surface area contributed by atoms with Crippen molar-refractivity contribution in [2.24, 2.45) is 5.73 Å². The van der Waals surface area contributed by atoms with Crippen molar-refractivity contribution < 1.29 is 18.3 Å². The van der Waals surface area contributed by atoms with Crippen LogP contribution in [-0.4, -0.2) is 143 Å². The molecule has 1 aliphatic rings. The van der Waals surface area contributed by atoms with Crippen LogP contribution < -0.4 is 39.3 Å². The Hall–Kier alpha value is -17.5. The van der Waals surface area contributed by atoms with Gasteiger partial charge in [0.1, 0.15) is 86.7 Å². The number of benzene rings is 10. The van der Waals surface area contributed by atoms with Crippen LogP contribution in [0.5, 0.6) is 0 Å². The minimum absolute atomic E-state index is 0.0587. The predicted octanol–water partition coefficient (Wildman–Crippen LogP) is 16.5. The first-order valence-corrected chi connectivity index (χ1v) is 41.3. The molecule has 0 spiro atoms. The van der Waals surface area contributed by atoms with Crippen LogP contribution in [0, 0.1) is 25.5 Å². The highest BCUT2D eigenvalue weighted by atomic mass is 35.5. The first-order valence-electron chi connectivity index (χ1n) is 40.9. The van der Waals surface area contributed by atoms with E-state index in [0.29, 0.717) is 95.2 Å². The van der Waals surface area contributed by atoms with Crippen LogP contribution in [0.1, 0.15) is 34.2 Å². The normalized spacial score (nSPS) is 11.7. The molecule has 642 valence electrons. The fourth-order valence-electron chi connectivity index (χ4n) is 14.9. The van der Waals surface area contributed by atoms with Crippen molar-refractivity contribution in [1.82, 2.24) is 111 Å². The number of carbonyl (C=O) groups is 1. The topological polar surface area (TPSA) is 469 Å². The van der Waals surface area contributed by atoms with Gasteiger partial charge in [-0.2, -0.15) is 0 Å². The van der Waals surface area contributed by atoms with Crippen molar-refractivity contribution in [3.63, 3.8) is 0 Å². The minimum Gasteiger partial charge on any atom is -0.378 e. The van der Waals surface area contributed by atoms with Crippen LogP contribution in [0.4, 0.5) is 44.2 Å². The molecule has 0 aliphatic carbocycles. The SMILES string of the molecule is CCc1ccnc2ccc(-c3nnc(N)nc3-c3ccc(F)cc3)cc12.Cc1ncnc2c(F)cc(-c3nnc(N)nc3-c3ccccc3)cc12.Cc1ncnc2ccc(-c3nnc(N)nc3-c3ccc(Cl)cc3)cc12.NC(=O)c1cc(-c2nnc(N)nc2-c2ccccc2)cc2cccnc12.Nc1nnc(-c2ccc3nccc(N4CCOCC4)c3c2)c(-c2ccccc2)n1. The van der Waals surface area contributed by atoms with Crippen molar-refractivity contribution in [2.45, 2.75) is 27.2 Å². The molecule has 0 bridgehead atoms. The Morgan fingerprint density at radius 3 is 1.26 bits per heavy atom. The number of nitrogens with zero attached hydrogens (tertiary/aromatic N) is 23. The second-order valence-electron chi connectivity index (χ2n) is 29.6. The number of nitrogen functional groups attached to an aromatic ring is 5. The molecule has 131 heavy (non-hydrogen) atoms. The molecule has 1 fully saturated rings. The Bertz CT molecular complexity index is 7630. The van der Waals surface area contributed by atoms with Gasteiger partial charge in [-0.3, -0.25) is 19.7 Å². The van der Waals surface area contributed by atoms with E-state index < -0.39 is 11.7 Å². The minimum atomic E-state index is -0.562. The molecule has 1 aliphatic heterocycles. The number of carbonyl (C=O) groups excluding carboxylic acids is 1. The highest BCUT2D eigenvalue weighted by molar-refractivity contribution is 6.30. The zero-order chi connectivity index (χ0) is 90.6. The number of halogens is 3. The molecule has 11 heterocycles. The molecule has 34 heteroatoms. The number of amides is 1. The Kier molecular flexibility index (Phi) is 25.2. The molecule has 1 amide bonds. The third kappa shape index (κ3) is 19.2. The van der Waals surface area contributed by atoms with Crippen molar-refractivity contribution in [3.8, 4) is 113 Å². The lowest BCUT2D eigenvalue weighted by molar-refractivity contribution is 0.100. The van der Waals surface area contributed by atoms with Crippen molar-refractivity contribution in [2.75, 3.05) is 59.9 Å². The molecule has 0 unspecified atom stereocenters. The van der Waals surface area contributed by atoms with E-state index in [4.69, 9.17) is 50.7 Å². The van der Waals surface area contributed by atoms with Crippen LogP contribution in [0.2, 0.25) is 5.02 Å². The summed E-state index contributed by atoms with van der Waals surface area (Å²) < 4.78 is 33.3. The maximum Gasteiger partial charge on any atom is 0.250 e. The van der Waals surface area contributed by atoms with Crippen LogP contribution in [0.15, 0.2) is 274 Å². The second kappa shape index (κ2) is 38.6. The summed E-state index contributed by atoms with van der Waals surface area (Å²) in [6, 6.07) is 74.7. The van der Waals surface area contributed by atoms with Crippen molar-refractivity contribution >= 4 is 107 Å². The Morgan fingerprint density at radius 1 is 0.366 bits per heavy atom. The summed E-state index contributed by atoms with van der Waals surface area (Å²) in [7, 11) is 0. The van der Waals surface area contributed by atoms with E-state index in [2.05, 4.69) is 135 Å². The van der Waals surface area contributed by atoms with Crippen LogP contribution in [0.3, 0.4) is 0 Å². The number of primary amides is 1. The molecule has 10 aromatic carbocycles. The fraction of sp³-hybridized carbons (Fsp3) is 0.0825. The van der Waals surface area contributed by atoms with E-state index in [-0.39, 0.29) is 41.1 Å². The standard InChI is InChI=1S/C22H20N6O.C20H16FN5.C19H14N6O.C18H13ClN6.C18H13FN6/c23-22-25-20(15-4-2-1-3-5-15)21(26-27-22)16-6-7-18-17(14-16)19(8-9-24-18)28-10-12-29-13-11-28;1-2-12-9-10-23-17-8-5-14(11-16(12)17)19-18(24-20(22)26-25-19)13-3-6-15(21)7-4-13;20-18(26)14-10-13(9-12-7-4-8-22-15(12)14)17-16(23-19(21)25-24-17)11-5-2-1-3-6-11;1-10-14-8-12(4-7-15(14)22-9-21-10)17-16(23-18(20)25-24-17)11-2-5-13(19)6-3-11;1-10-13-7-12(8-14(19)17(13)22-9-21-10)16-15(23-18(20)25-24-16)11-5-3-2-4-6-11/h1-9,14H,10-13H2,(H2,23,25,27);3-11H,2H2,1H3,(H2,22,24,26);1-10H,(H2,20,26)(H2,21,23,25);2*2-9H,1H3,(H2,20,23,25). The molecule has 21 rings (SSSR count). The zero-order valence-electron chi connectivity index (χ0n) is 70.2. The first-order chi connectivity index (χ1) is 63.8. The molecule has 0 atom stereocenters. The summed E-state index contributed by atoms with van der Waals surface area (Å²) in [4.78, 5) is 66.0. The molecule has 0 radical (unpaired) electrons. The van der Waals surface area contributed by atoms with Gasteiger partial charge in [-0.25, -0.2) is 53.6 Å². The number of aryl methyl sites for hydroxylation is 3. The van der Waals surface area contributed by atoms with Crippen molar-refractivity contribution in [1.29, 1.82) is 0 Å². The Balaban J connectivity index is 0.000000115. The van der Waals surface area contributed by atoms with E-state index in [1.165, 1.54) is 30.1 Å². The maximum atomic E-state index is 14.5. The summed E-state index contributed by atoms with van der Waals surface area (Å²) in [5.41, 5.74) is 56.2. The highest BCUT2D eigenvalue weighted by Crippen LogP contribution is 2.40. The first kappa shape index (κ1) is 85.7. The van der Waals surface area contributed by atoms with Crippen molar-refractivity contribution in [3.05, 3.63) is 313 Å². The number of aromatic nitrogens is 22. The lowest BCUT2D eigenvalue weighted by Gasteiger charge is -2.29. The van der Waals surface area contributed by atoms with Gasteiger partial charge >= 0.3 is 0 Å². The fourth-order valence-corrected chi connectivity index (χ4v) is 15.1. The van der Waals surface area contributed by atoms with Gasteiger partial charge in [0, 0.05) is 136 Å². The third-order valence-corrected chi connectivity index (χ3v) is 21.5. The number of nitrogens with two attached hydrogens (primary N) is 6. The summed E-state index contributed by atoms with van der Waals surface area (Å²) >= 11 is 5.98. The van der Waals surface area contributed by atoms with E-state index in [0.717, 1.165) is 127 Å². The lowest BCUT2D eigenvalue weighted by Crippen LogP contribution is -2.36. The third-order valence-electron chi connectivity index (χ3n) is 21.2. The number of rotatable bonds is 13. The van der Waals surface area contributed by atoms with Gasteiger partial charge in [0.25, 0.3) is 5.91 Å². The van der Waals surface area contributed by atoms with Crippen LogP contribution in [0.25, 0.3) is 167 Å². The molecule has 1 saturated heterocycles. The van der Waals surface area contributed by atoms with Gasteiger partial charge in [-0.05, 0) is 141 Å².